The lowest BCUT2D eigenvalue weighted by molar-refractivity contribution is -0.0706. The van der Waals surface area contributed by atoms with E-state index < -0.39 is 0 Å². The van der Waals surface area contributed by atoms with Crippen molar-refractivity contribution in [1.29, 1.82) is 0 Å². The van der Waals surface area contributed by atoms with Gasteiger partial charge in [0.15, 0.2) is 0 Å². The molecule has 1 unspecified atom stereocenters. The quantitative estimate of drug-likeness (QED) is 0.886. The van der Waals surface area contributed by atoms with Crippen LogP contribution in [-0.2, 0) is 6.54 Å². The zero-order valence-electron chi connectivity index (χ0n) is 13.3. The third-order valence-corrected chi connectivity index (χ3v) is 6.53. The molecule has 0 radical (unpaired) electrons. The molecule has 1 nitrogen and oxygen atoms in total. The van der Waals surface area contributed by atoms with E-state index in [4.69, 9.17) is 0 Å². The molecule has 0 heterocycles. The van der Waals surface area contributed by atoms with Crippen LogP contribution in [0.15, 0.2) is 24.3 Å². The number of nitrogens with one attached hydrogen (secondary N) is 1. The molecule has 22 heavy (non-hydrogen) atoms. The minimum Gasteiger partial charge on any atom is -1.00 e. The highest BCUT2D eigenvalue weighted by Gasteiger charge is 2.52. The smallest absolute Gasteiger partial charge is 0.123 e. The van der Waals surface area contributed by atoms with Crippen LogP contribution in [0.2, 0.25) is 0 Å². The maximum absolute atomic E-state index is 13.0. The largest absolute Gasteiger partial charge is 1.00 e. The lowest BCUT2D eigenvalue weighted by atomic mass is 9.48. The summed E-state index contributed by atoms with van der Waals surface area (Å²) in [7, 11) is 0. The van der Waals surface area contributed by atoms with E-state index >= 15 is 0 Å². The van der Waals surface area contributed by atoms with Crippen LogP contribution in [0, 0.1) is 29.0 Å². The van der Waals surface area contributed by atoms with E-state index in [0.29, 0.717) is 11.5 Å². The third-order valence-electron chi connectivity index (χ3n) is 6.53. The van der Waals surface area contributed by atoms with Crippen molar-refractivity contribution in [2.45, 2.75) is 58.0 Å². The van der Waals surface area contributed by atoms with Crippen molar-refractivity contribution in [1.82, 2.24) is 5.32 Å². The van der Waals surface area contributed by atoms with E-state index in [9.17, 15) is 4.39 Å². The predicted octanol–water partition coefficient (Wildman–Crippen LogP) is 1.52. The summed E-state index contributed by atoms with van der Waals surface area (Å²) in [6, 6.07) is 7.50. The van der Waals surface area contributed by atoms with Crippen LogP contribution >= 0.6 is 0 Å². The van der Waals surface area contributed by atoms with Crippen LogP contribution in [0.4, 0.5) is 4.39 Å². The second kappa shape index (κ2) is 6.13. The van der Waals surface area contributed by atoms with Gasteiger partial charge in [0, 0.05) is 12.6 Å². The van der Waals surface area contributed by atoms with Gasteiger partial charge in [-0.2, -0.15) is 0 Å². The number of rotatable bonds is 4. The zero-order chi connectivity index (χ0) is 14.4. The highest BCUT2D eigenvalue weighted by Crippen LogP contribution is 2.61. The summed E-state index contributed by atoms with van der Waals surface area (Å²) in [6.45, 7) is 3.25. The molecule has 4 saturated carbocycles. The van der Waals surface area contributed by atoms with Crippen molar-refractivity contribution < 1.29 is 16.8 Å². The molecule has 4 fully saturated rings. The fraction of sp³-hybridized carbons (Fsp3) is 0.684. The summed E-state index contributed by atoms with van der Waals surface area (Å²) >= 11 is 0. The van der Waals surface area contributed by atoms with Crippen molar-refractivity contribution >= 4 is 0 Å². The van der Waals surface area contributed by atoms with E-state index in [2.05, 4.69) is 12.2 Å². The molecule has 5 rings (SSSR count). The molecule has 1 aromatic carbocycles. The van der Waals surface area contributed by atoms with Crippen LogP contribution in [-0.4, -0.2) is 6.04 Å². The molecular weight excluding hydrogens is 297 g/mol. The Bertz CT molecular complexity index is 477. The van der Waals surface area contributed by atoms with Crippen molar-refractivity contribution in [3.05, 3.63) is 35.6 Å². The van der Waals surface area contributed by atoms with E-state index in [1.807, 2.05) is 12.1 Å². The van der Waals surface area contributed by atoms with Crippen LogP contribution in [0.1, 0.15) is 51.0 Å². The first kappa shape index (κ1) is 16.3. The number of benzene rings is 1. The van der Waals surface area contributed by atoms with Crippen molar-refractivity contribution in [3.8, 4) is 0 Å². The first-order valence-electron chi connectivity index (χ1n) is 8.61. The Balaban J connectivity index is 0.00000144. The normalized spacial score (nSPS) is 36.9. The molecular formula is C19H26ClFN-. The highest BCUT2D eigenvalue weighted by molar-refractivity contribution is 5.16. The molecule has 4 aliphatic rings. The van der Waals surface area contributed by atoms with E-state index in [1.54, 1.807) is 12.1 Å². The van der Waals surface area contributed by atoms with Gasteiger partial charge in [-0.25, -0.2) is 4.39 Å². The van der Waals surface area contributed by atoms with Gasteiger partial charge in [0.05, 0.1) is 0 Å². The van der Waals surface area contributed by atoms with Gasteiger partial charge < -0.3 is 17.7 Å². The van der Waals surface area contributed by atoms with Crippen molar-refractivity contribution in [2.75, 3.05) is 0 Å². The third kappa shape index (κ3) is 2.92. The van der Waals surface area contributed by atoms with Gasteiger partial charge in [-0.1, -0.05) is 12.1 Å². The van der Waals surface area contributed by atoms with Crippen LogP contribution in [0.25, 0.3) is 0 Å². The molecule has 1 atom stereocenters. The summed E-state index contributed by atoms with van der Waals surface area (Å²) in [6.07, 6.45) is 8.83. The van der Waals surface area contributed by atoms with Crippen molar-refractivity contribution in [2.24, 2.45) is 23.2 Å². The number of halogens is 2. The maximum atomic E-state index is 13.0. The first-order valence-corrected chi connectivity index (χ1v) is 8.61. The van der Waals surface area contributed by atoms with E-state index in [-0.39, 0.29) is 18.2 Å². The minimum atomic E-state index is -0.145. The molecule has 4 aliphatic carbocycles. The molecule has 122 valence electrons. The lowest BCUT2D eigenvalue weighted by Crippen LogP contribution is -3.00. The summed E-state index contributed by atoms with van der Waals surface area (Å²) in [5, 5.41) is 3.75. The van der Waals surface area contributed by atoms with Gasteiger partial charge in [0.25, 0.3) is 0 Å². The first-order chi connectivity index (χ1) is 10.1. The fourth-order valence-electron chi connectivity index (χ4n) is 5.80. The second-order valence-corrected chi connectivity index (χ2v) is 8.01. The van der Waals surface area contributed by atoms with Gasteiger partial charge in [0.2, 0.25) is 0 Å². The monoisotopic (exact) mass is 322 g/mol. The Morgan fingerprint density at radius 3 is 2.05 bits per heavy atom. The Morgan fingerprint density at radius 1 is 1.05 bits per heavy atom. The molecule has 0 aliphatic heterocycles. The molecule has 0 saturated heterocycles. The SMILES string of the molecule is CC(NCc1ccc(F)cc1)C12CC3CC(CC(C3)C1)C2.[Cl-]. The zero-order valence-corrected chi connectivity index (χ0v) is 14.1. The van der Waals surface area contributed by atoms with Gasteiger partial charge in [-0.3, -0.25) is 0 Å². The fourth-order valence-corrected chi connectivity index (χ4v) is 5.80. The van der Waals surface area contributed by atoms with Gasteiger partial charge >= 0.3 is 0 Å². The van der Waals surface area contributed by atoms with Crippen LogP contribution < -0.4 is 17.7 Å². The molecule has 4 bridgehead atoms. The van der Waals surface area contributed by atoms with Gasteiger partial charge in [0.1, 0.15) is 5.82 Å². The predicted molar refractivity (Wildman–Crippen MR) is 83.3 cm³/mol. The summed E-state index contributed by atoms with van der Waals surface area (Å²) in [4.78, 5) is 0. The molecule has 3 heteroatoms. The number of hydrogen-bond acceptors (Lipinski definition) is 1. The average Bonchev–Trinajstić information content (AvgIpc) is 2.45. The summed E-state index contributed by atoms with van der Waals surface area (Å²) < 4.78 is 13.0. The summed E-state index contributed by atoms with van der Waals surface area (Å²) in [5.74, 6) is 2.87. The average molecular weight is 323 g/mol. The molecule has 0 spiro atoms. The van der Waals surface area contributed by atoms with Gasteiger partial charge in [-0.15, -0.1) is 0 Å². The highest BCUT2D eigenvalue weighted by atomic mass is 35.5. The Kier molecular flexibility index (Phi) is 4.53. The second-order valence-electron chi connectivity index (χ2n) is 8.01. The van der Waals surface area contributed by atoms with Crippen LogP contribution in [0.3, 0.4) is 0 Å². The summed E-state index contributed by atoms with van der Waals surface area (Å²) in [5.41, 5.74) is 1.74. The van der Waals surface area contributed by atoms with Gasteiger partial charge in [-0.05, 0) is 86.3 Å². The topological polar surface area (TPSA) is 12.0 Å². The minimum absolute atomic E-state index is 0. The molecule has 0 aromatic heterocycles. The lowest BCUT2D eigenvalue weighted by Gasteiger charge is -2.59. The van der Waals surface area contributed by atoms with Crippen molar-refractivity contribution in [3.63, 3.8) is 0 Å². The molecule has 1 aromatic rings. The standard InChI is InChI=1S/C19H26FN.ClH/c1-13(21-12-14-2-4-18(20)5-3-14)19-9-15-6-16(10-19)8-17(7-15)11-19;/h2-5,13,15-17,21H,6-12H2,1H3;1H/p-1. The van der Waals surface area contributed by atoms with E-state index in [1.165, 1.54) is 44.1 Å². The Morgan fingerprint density at radius 2 is 1.55 bits per heavy atom. The van der Waals surface area contributed by atoms with E-state index in [0.717, 1.165) is 24.3 Å². The molecule has 0 amide bonds. The number of hydrogen-bond donors (Lipinski definition) is 1. The van der Waals surface area contributed by atoms with Crippen LogP contribution in [0.5, 0.6) is 0 Å². The molecule has 1 N–H and O–H groups in total. The maximum Gasteiger partial charge on any atom is 0.123 e. The Labute approximate surface area is 139 Å². The Hall–Kier alpha value is -0.600.